The van der Waals surface area contributed by atoms with Gasteiger partial charge in [-0.25, -0.2) is 0 Å². The standard InChI is InChI=1S/C14H15NO/c1-10(2)7-8-14(16)12-9-15-13-6-4-3-5-11(12)13/h3-10,15H,1-2H3. The van der Waals surface area contributed by atoms with Crippen LogP contribution in [-0.4, -0.2) is 10.8 Å². The molecule has 0 bridgehead atoms. The van der Waals surface area contributed by atoms with Gasteiger partial charge in [-0.3, -0.25) is 4.79 Å². The van der Waals surface area contributed by atoms with E-state index in [1.807, 2.05) is 30.3 Å². The van der Waals surface area contributed by atoms with E-state index in [9.17, 15) is 4.79 Å². The first-order chi connectivity index (χ1) is 7.68. The van der Waals surface area contributed by atoms with Crippen LogP contribution in [0, 0.1) is 5.92 Å². The molecule has 82 valence electrons. The van der Waals surface area contributed by atoms with Gasteiger partial charge in [0.1, 0.15) is 0 Å². The van der Waals surface area contributed by atoms with Crippen molar-refractivity contribution in [2.75, 3.05) is 0 Å². The Morgan fingerprint density at radius 1 is 1.31 bits per heavy atom. The van der Waals surface area contributed by atoms with E-state index in [4.69, 9.17) is 0 Å². The fourth-order valence-corrected chi connectivity index (χ4v) is 1.65. The second kappa shape index (κ2) is 4.35. The van der Waals surface area contributed by atoms with E-state index in [1.165, 1.54) is 0 Å². The number of hydrogen-bond donors (Lipinski definition) is 1. The van der Waals surface area contributed by atoms with Gasteiger partial charge in [-0.2, -0.15) is 0 Å². The number of aromatic nitrogens is 1. The number of aromatic amines is 1. The Balaban J connectivity index is 2.37. The lowest BCUT2D eigenvalue weighted by molar-refractivity contribution is 0.104. The number of carbonyl (C=O) groups excluding carboxylic acids is 1. The number of carbonyl (C=O) groups is 1. The number of benzene rings is 1. The van der Waals surface area contributed by atoms with Crippen molar-refractivity contribution in [1.82, 2.24) is 4.98 Å². The van der Waals surface area contributed by atoms with E-state index in [0.717, 1.165) is 16.5 Å². The Morgan fingerprint density at radius 2 is 2.06 bits per heavy atom. The van der Waals surface area contributed by atoms with Crippen LogP contribution in [-0.2, 0) is 0 Å². The van der Waals surface area contributed by atoms with Crippen molar-refractivity contribution in [2.24, 2.45) is 5.92 Å². The van der Waals surface area contributed by atoms with Crippen molar-refractivity contribution in [3.63, 3.8) is 0 Å². The average Bonchev–Trinajstić information content (AvgIpc) is 2.69. The van der Waals surface area contributed by atoms with Gasteiger partial charge in [0.05, 0.1) is 0 Å². The Hall–Kier alpha value is -1.83. The third-order valence-corrected chi connectivity index (χ3v) is 2.49. The summed E-state index contributed by atoms with van der Waals surface area (Å²) < 4.78 is 0. The molecule has 0 aliphatic rings. The average molecular weight is 213 g/mol. The molecule has 0 aliphatic heterocycles. The SMILES string of the molecule is CC(C)C=CC(=O)c1c[nH]c2ccccc12. The Labute approximate surface area is 95.0 Å². The predicted octanol–water partition coefficient (Wildman–Crippen LogP) is 3.56. The Kier molecular flexibility index (Phi) is 2.91. The zero-order valence-electron chi connectivity index (χ0n) is 9.53. The molecule has 0 amide bonds. The fourth-order valence-electron chi connectivity index (χ4n) is 1.65. The largest absolute Gasteiger partial charge is 0.360 e. The number of para-hydroxylation sites is 1. The molecule has 0 spiro atoms. The number of ketones is 1. The van der Waals surface area contributed by atoms with Gasteiger partial charge in [0, 0.05) is 22.7 Å². The third-order valence-electron chi connectivity index (χ3n) is 2.49. The summed E-state index contributed by atoms with van der Waals surface area (Å²) in [5.74, 6) is 0.459. The van der Waals surface area contributed by atoms with E-state index in [1.54, 1.807) is 12.3 Å². The Bertz CT molecular complexity index is 534. The molecule has 1 aromatic carbocycles. The van der Waals surface area contributed by atoms with Crippen LogP contribution in [0.5, 0.6) is 0 Å². The highest BCUT2D eigenvalue weighted by Crippen LogP contribution is 2.18. The lowest BCUT2D eigenvalue weighted by Crippen LogP contribution is -1.93. The summed E-state index contributed by atoms with van der Waals surface area (Å²) in [6.07, 6.45) is 5.35. The number of nitrogens with one attached hydrogen (secondary N) is 1. The molecule has 16 heavy (non-hydrogen) atoms. The topological polar surface area (TPSA) is 32.9 Å². The van der Waals surface area contributed by atoms with Gasteiger partial charge in [0.15, 0.2) is 5.78 Å². The number of rotatable bonds is 3. The number of H-pyrrole nitrogens is 1. The molecule has 2 rings (SSSR count). The highest BCUT2D eigenvalue weighted by Gasteiger charge is 2.08. The van der Waals surface area contributed by atoms with Gasteiger partial charge in [-0.1, -0.05) is 38.1 Å². The maximum absolute atomic E-state index is 11.9. The minimum Gasteiger partial charge on any atom is -0.360 e. The summed E-state index contributed by atoms with van der Waals surface area (Å²) in [5, 5.41) is 0.987. The van der Waals surface area contributed by atoms with E-state index in [-0.39, 0.29) is 5.78 Å². The van der Waals surface area contributed by atoms with Gasteiger partial charge >= 0.3 is 0 Å². The summed E-state index contributed by atoms with van der Waals surface area (Å²) in [5.41, 5.74) is 1.75. The molecule has 1 aromatic heterocycles. The summed E-state index contributed by atoms with van der Waals surface area (Å²) in [6, 6.07) is 7.83. The highest BCUT2D eigenvalue weighted by molar-refractivity contribution is 6.13. The van der Waals surface area contributed by atoms with Crippen molar-refractivity contribution >= 4 is 16.7 Å². The van der Waals surface area contributed by atoms with Crippen LogP contribution in [0.2, 0.25) is 0 Å². The van der Waals surface area contributed by atoms with Crippen LogP contribution in [0.3, 0.4) is 0 Å². The van der Waals surface area contributed by atoms with E-state index in [2.05, 4.69) is 18.8 Å². The van der Waals surface area contributed by atoms with Crippen molar-refractivity contribution in [3.05, 3.63) is 48.2 Å². The second-order valence-corrected chi connectivity index (χ2v) is 4.22. The molecule has 1 heterocycles. The molecule has 0 saturated carbocycles. The van der Waals surface area contributed by atoms with Crippen LogP contribution in [0.25, 0.3) is 10.9 Å². The van der Waals surface area contributed by atoms with Gasteiger partial charge in [-0.05, 0) is 18.1 Å². The molecule has 0 radical (unpaired) electrons. The van der Waals surface area contributed by atoms with Crippen molar-refractivity contribution in [2.45, 2.75) is 13.8 Å². The summed E-state index contributed by atoms with van der Waals surface area (Å²) >= 11 is 0. The summed E-state index contributed by atoms with van der Waals surface area (Å²) in [7, 11) is 0. The molecule has 1 N–H and O–H groups in total. The minimum atomic E-state index is 0.0613. The molecule has 0 atom stereocenters. The van der Waals surface area contributed by atoms with E-state index in [0.29, 0.717) is 5.92 Å². The van der Waals surface area contributed by atoms with E-state index < -0.39 is 0 Å². The van der Waals surface area contributed by atoms with Crippen LogP contribution in [0.4, 0.5) is 0 Å². The monoisotopic (exact) mass is 213 g/mol. The van der Waals surface area contributed by atoms with Crippen molar-refractivity contribution in [3.8, 4) is 0 Å². The third kappa shape index (κ3) is 2.06. The molecule has 2 nitrogen and oxygen atoms in total. The van der Waals surface area contributed by atoms with Gasteiger partial charge in [0.25, 0.3) is 0 Å². The molecule has 2 heteroatoms. The molecular formula is C14H15NO. The molecule has 2 aromatic rings. The molecule has 0 fully saturated rings. The lowest BCUT2D eigenvalue weighted by atomic mass is 10.1. The second-order valence-electron chi connectivity index (χ2n) is 4.22. The normalized spacial score (nSPS) is 11.7. The van der Waals surface area contributed by atoms with Gasteiger partial charge < -0.3 is 4.98 Å². The predicted molar refractivity (Wildman–Crippen MR) is 66.6 cm³/mol. The first kappa shape index (κ1) is 10.7. The highest BCUT2D eigenvalue weighted by atomic mass is 16.1. The fraction of sp³-hybridized carbons (Fsp3) is 0.214. The van der Waals surface area contributed by atoms with Crippen LogP contribution in [0.15, 0.2) is 42.6 Å². The number of hydrogen-bond acceptors (Lipinski definition) is 1. The van der Waals surface area contributed by atoms with Crippen molar-refractivity contribution in [1.29, 1.82) is 0 Å². The van der Waals surface area contributed by atoms with Crippen molar-refractivity contribution < 1.29 is 4.79 Å². The van der Waals surface area contributed by atoms with Crippen LogP contribution in [0.1, 0.15) is 24.2 Å². The van der Waals surface area contributed by atoms with Gasteiger partial charge in [-0.15, -0.1) is 0 Å². The molecular weight excluding hydrogens is 198 g/mol. The minimum absolute atomic E-state index is 0.0613. The molecule has 0 aliphatic carbocycles. The zero-order chi connectivity index (χ0) is 11.5. The summed E-state index contributed by atoms with van der Waals surface area (Å²) in [4.78, 5) is 15.0. The first-order valence-electron chi connectivity index (χ1n) is 5.47. The first-order valence-corrected chi connectivity index (χ1v) is 5.47. The van der Waals surface area contributed by atoms with Crippen LogP contribution >= 0.6 is 0 Å². The van der Waals surface area contributed by atoms with E-state index >= 15 is 0 Å². The maximum atomic E-state index is 11.9. The van der Waals surface area contributed by atoms with Gasteiger partial charge in [0.2, 0.25) is 0 Å². The number of allylic oxidation sites excluding steroid dienone is 2. The molecule has 0 saturated heterocycles. The lowest BCUT2D eigenvalue weighted by Gasteiger charge is -1.95. The Morgan fingerprint density at radius 3 is 2.81 bits per heavy atom. The van der Waals surface area contributed by atoms with Crippen LogP contribution < -0.4 is 0 Å². The zero-order valence-corrected chi connectivity index (χ0v) is 9.53. The summed E-state index contributed by atoms with van der Waals surface area (Å²) in [6.45, 7) is 4.11. The maximum Gasteiger partial charge on any atom is 0.187 e. The molecule has 0 unspecified atom stereocenters. The quantitative estimate of drug-likeness (QED) is 0.613. The smallest absolute Gasteiger partial charge is 0.187 e. The number of fused-ring (bicyclic) bond motifs is 1.